The van der Waals surface area contributed by atoms with E-state index in [1.807, 2.05) is 0 Å². The van der Waals surface area contributed by atoms with Gasteiger partial charge in [-0.25, -0.2) is 0 Å². The number of nitrogens with one attached hydrogen (secondary N) is 2. The first-order valence-corrected chi connectivity index (χ1v) is 9.75. The third-order valence-electron chi connectivity index (χ3n) is 5.27. The molecule has 2 aromatic carbocycles. The van der Waals surface area contributed by atoms with Crippen molar-refractivity contribution in [3.63, 3.8) is 0 Å². The number of carbonyl (C=O) groups excluding carboxylic acids is 2. The molecule has 8 heteroatoms. The van der Waals surface area contributed by atoms with E-state index in [0.29, 0.717) is 0 Å². The number of amides is 2. The molecule has 0 bridgehead atoms. The summed E-state index contributed by atoms with van der Waals surface area (Å²) in [6.07, 6.45) is -2.51. The van der Waals surface area contributed by atoms with Crippen LogP contribution in [0.2, 0.25) is 0 Å². The number of benzene rings is 2. The largest absolute Gasteiger partial charge is 0.421 e. The second kappa shape index (κ2) is 8.87. The maximum Gasteiger partial charge on any atom is 0.421 e. The Kier molecular flexibility index (Phi) is 6.45. The van der Waals surface area contributed by atoms with Gasteiger partial charge in [0.25, 0.3) is 5.91 Å². The lowest BCUT2D eigenvalue weighted by atomic mass is 9.89. The number of rotatable bonds is 6. The molecule has 3 rings (SSSR count). The summed E-state index contributed by atoms with van der Waals surface area (Å²) in [7, 11) is 0. The predicted octanol–water partition coefficient (Wildman–Crippen LogP) is 4.14. The Morgan fingerprint density at radius 1 is 0.967 bits per heavy atom. The smallest absolute Gasteiger partial charge is 0.376 e. The van der Waals surface area contributed by atoms with Gasteiger partial charge in [0.1, 0.15) is 0 Å². The summed E-state index contributed by atoms with van der Waals surface area (Å²) >= 11 is 0. The van der Waals surface area contributed by atoms with E-state index in [9.17, 15) is 27.9 Å². The minimum Gasteiger partial charge on any atom is -0.376 e. The third kappa shape index (κ3) is 4.81. The first kappa shape index (κ1) is 21.8. The number of hydrogen-bond donors (Lipinski definition) is 3. The number of para-hydroxylation sites is 1. The van der Waals surface area contributed by atoms with E-state index in [-0.39, 0.29) is 17.3 Å². The van der Waals surface area contributed by atoms with Crippen LogP contribution in [0, 0.1) is 0 Å². The topological polar surface area (TPSA) is 78.4 Å². The first-order valence-electron chi connectivity index (χ1n) is 9.75. The van der Waals surface area contributed by atoms with Gasteiger partial charge in [-0.1, -0.05) is 55.3 Å². The summed E-state index contributed by atoms with van der Waals surface area (Å²) in [5.41, 5.74) is -3.53. The minimum atomic E-state index is -5.06. The van der Waals surface area contributed by atoms with Gasteiger partial charge in [0, 0.05) is 6.04 Å². The van der Waals surface area contributed by atoms with E-state index < -0.39 is 35.6 Å². The van der Waals surface area contributed by atoms with Crippen LogP contribution >= 0.6 is 0 Å². The third-order valence-corrected chi connectivity index (χ3v) is 5.27. The summed E-state index contributed by atoms with van der Waals surface area (Å²) < 4.78 is 40.9. The lowest BCUT2D eigenvalue weighted by Gasteiger charge is -2.30. The molecule has 2 aromatic rings. The predicted molar refractivity (Wildman–Crippen MR) is 106 cm³/mol. The molecule has 0 unspecified atom stereocenters. The van der Waals surface area contributed by atoms with Crippen molar-refractivity contribution in [1.82, 2.24) is 5.32 Å². The monoisotopic (exact) mass is 420 g/mol. The van der Waals surface area contributed by atoms with E-state index >= 15 is 0 Å². The fraction of sp³-hybridized carbons (Fsp3) is 0.364. The van der Waals surface area contributed by atoms with E-state index in [1.54, 1.807) is 12.1 Å². The summed E-state index contributed by atoms with van der Waals surface area (Å²) in [4.78, 5) is 25.0. The van der Waals surface area contributed by atoms with Crippen LogP contribution < -0.4 is 10.6 Å². The molecule has 1 aliphatic rings. The van der Waals surface area contributed by atoms with Crippen LogP contribution in [0.5, 0.6) is 0 Å². The SMILES string of the molecule is O=C(C[C@](O)(c1ccccc1)C(F)(F)F)Nc1ccccc1C(=O)NC1CCCC1. The highest BCUT2D eigenvalue weighted by atomic mass is 19.4. The Labute approximate surface area is 172 Å². The first-order chi connectivity index (χ1) is 14.2. The van der Waals surface area contributed by atoms with E-state index in [4.69, 9.17) is 0 Å². The van der Waals surface area contributed by atoms with Gasteiger partial charge in [0.2, 0.25) is 5.91 Å². The average Bonchev–Trinajstić information content (AvgIpc) is 3.21. The Morgan fingerprint density at radius 3 is 2.20 bits per heavy atom. The maximum absolute atomic E-state index is 13.6. The van der Waals surface area contributed by atoms with Crippen molar-refractivity contribution in [2.45, 2.75) is 49.9 Å². The number of anilines is 1. The molecule has 0 spiro atoms. The summed E-state index contributed by atoms with van der Waals surface area (Å²) in [5, 5.41) is 15.6. The zero-order valence-electron chi connectivity index (χ0n) is 16.2. The van der Waals surface area contributed by atoms with Crippen molar-refractivity contribution in [3.8, 4) is 0 Å². The number of halogens is 3. The zero-order chi connectivity index (χ0) is 21.8. The molecule has 30 heavy (non-hydrogen) atoms. The van der Waals surface area contributed by atoms with Crippen molar-refractivity contribution < 1.29 is 27.9 Å². The summed E-state index contributed by atoms with van der Waals surface area (Å²) in [5.74, 6) is -1.45. The van der Waals surface area contributed by atoms with Crippen LogP contribution in [-0.2, 0) is 10.4 Å². The molecule has 0 aromatic heterocycles. The lowest BCUT2D eigenvalue weighted by molar-refractivity contribution is -0.266. The van der Waals surface area contributed by atoms with E-state index in [2.05, 4.69) is 10.6 Å². The van der Waals surface area contributed by atoms with Crippen LogP contribution in [0.4, 0.5) is 18.9 Å². The standard InChI is InChI=1S/C22H23F3N2O3/c23-22(24,25)21(30,15-8-2-1-3-9-15)14-19(28)27-18-13-7-6-12-17(18)20(29)26-16-10-4-5-11-16/h1-3,6-9,12-13,16,30H,4-5,10-11,14H2,(H,26,29)(H,27,28)/t21-/m0/s1. The molecule has 0 aliphatic heterocycles. The van der Waals surface area contributed by atoms with Gasteiger partial charge in [0.15, 0.2) is 5.60 Å². The van der Waals surface area contributed by atoms with Crippen molar-refractivity contribution >= 4 is 17.5 Å². The van der Waals surface area contributed by atoms with Crippen LogP contribution in [0.1, 0.15) is 48.0 Å². The van der Waals surface area contributed by atoms with Crippen molar-refractivity contribution in [1.29, 1.82) is 0 Å². The van der Waals surface area contributed by atoms with Gasteiger partial charge in [-0.15, -0.1) is 0 Å². The summed E-state index contributed by atoms with van der Waals surface area (Å²) in [6.45, 7) is 0. The van der Waals surface area contributed by atoms with Crippen LogP contribution in [0.3, 0.4) is 0 Å². The Bertz CT molecular complexity index is 896. The second-order valence-electron chi connectivity index (χ2n) is 7.45. The Morgan fingerprint density at radius 2 is 1.57 bits per heavy atom. The average molecular weight is 420 g/mol. The number of carbonyl (C=O) groups is 2. The molecule has 5 nitrogen and oxygen atoms in total. The number of aliphatic hydroxyl groups is 1. The zero-order valence-corrected chi connectivity index (χ0v) is 16.2. The molecule has 0 heterocycles. The second-order valence-corrected chi connectivity index (χ2v) is 7.45. The molecule has 1 fully saturated rings. The maximum atomic E-state index is 13.6. The van der Waals surface area contributed by atoms with Gasteiger partial charge in [0.05, 0.1) is 17.7 Å². The molecule has 1 aliphatic carbocycles. The molecule has 1 saturated carbocycles. The quantitative estimate of drug-likeness (QED) is 0.657. The summed E-state index contributed by atoms with van der Waals surface area (Å²) in [6, 6.07) is 12.6. The molecule has 3 N–H and O–H groups in total. The van der Waals surface area contributed by atoms with Crippen LogP contribution in [-0.4, -0.2) is 29.1 Å². The van der Waals surface area contributed by atoms with Crippen LogP contribution in [0.15, 0.2) is 54.6 Å². The van der Waals surface area contributed by atoms with Gasteiger partial charge < -0.3 is 15.7 Å². The molecule has 0 radical (unpaired) electrons. The van der Waals surface area contributed by atoms with Crippen molar-refractivity contribution in [2.24, 2.45) is 0 Å². The molecular formula is C22H23F3N2O3. The van der Waals surface area contributed by atoms with Gasteiger partial charge in [-0.3, -0.25) is 9.59 Å². The molecular weight excluding hydrogens is 397 g/mol. The normalized spacial score (nSPS) is 16.7. The molecule has 160 valence electrons. The molecule has 2 amide bonds. The van der Waals surface area contributed by atoms with E-state index in [1.165, 1.54) is 30.3 Å². The number of hydrogen-bond acceptors (Lipinski definition) is 3. The van der Waals surface area contributed by atoms with Crippen LogP contribution in [0.25, 0.3) is 0 Å². The fourth-order valence-corrected chi connectivity index (χ4v) is 3.63. The van der Waals surface area contributed by atoms with E-state index in [0.717, 1.165) is 37.8 Å². The van der Waals surface area contributed by atoms with Gasteiger partial charge in [-0.05, 0) is 30.5 Å². The fourth-order valence-electron chi connectivity index (χ4n) is 3.63. The molecule has 0 saturated heterocycles. The highest BCUT2D eigenvalue weighted by Crippen LogP contribution is 2.41. The minimum absolute atomic E-state index is 0.0506. The molecule has 1 atom stereocenters. The highest BCUT2D eigenvalue weighted by molar-refractivity contribution is 6.04. The number of alkyl halides is 3. The van der Waals surface area contributed by atoms with Gasteiger partial charge in [-0.2, -0.15) is 13.2 Å². The van der Waals surface area contributed by atoms with Gasteiger partial charge >= 0.3 is 6.18 Å². The van der Waals surface area contributed by atoms with Crippen molar-refractivity contribution in [2.75, 3.05) is 5.32 Å². The van der Waals surface area contributed by atoms with Crippen molar-refractivity contribution in [3.05, 3.63) is 65.7 Å². The lowest BCUT2D eigenvalue weighted by Crippen LogP contribution is -2.45. The highest BCUT2D eigenvalue weighted by Gasteiger charge is 2.56. The Hall–Kier alpha value is -2.87. The Balaban J connectivity index is 1.78.